The first-order valence-corrected chi connectivity index (χ1v) is 9.68. The highest BCUT2D eigenvalue weighted by atomic mass is 16.5. The van der Waals surface area contributed by atoms with Gasteiger partial charge < -0.3 is 14.9 Å². The van der Waals surface area contributed by atoms with Crippen LogP contribution in [0, 0.1) is 13.8 Å². The maximum atomic E-state index is 11.1. The lowest BCUT2D eigenvalue weighted by molar-refractivity contribution is -0.371. The highest BCUT2D eigenvalue weighted by molar-refractivity contribution is 5.86. The van der Waals surface area contributed by atoms with Crippen LogP contribution in [0.25, 0.3) is 10.9 Å². The molecule has 2 aromatic heterocycles. The van der Waals surface area contributed by atoms with Crippen LogP contribution in [-0.2, 0) is 0 Å². The molecule has 0 aliphatic rings. The fourth-order valence-corrected chi connectivity index (χ4v) is 3.56. The van der Waals surface area contributed by atoms with E-state index in [1.165, 1.54) is 7.11 Å². The third-order valence-corrected chi connectivity index (χ3v) is 5.09. The molecule has 0 saturated heterocycles. The standard InChI is InChI=1S/C24H23N3O3/c1-14-5-4-6-21(25-14)27-22(17-10-12-19(28)20(13-17)30-3)18-11-9-16-8-7-15(2)26-23(16)24(18)29/h4-13,22,28-29H,1-3H3,(H,25,27)/p+1/t22-/m0/s1. The SMILES string of the molecule is COc1cc([C@H](Nc2cccc(C)[nH+]2)c2ccc3ccc(C)nc3c2O)ccc1O. The lowest BCUT2D eigenvalue weighted by Gasteiger charge is -2.19. The minimum atomic E-state index is -0.413. The van der Waals surface area contributed by atoms with Crippen LogP contribution in [0.2, 0.25) is 0 Å². The number of hydrogen-bond acceptors (Lipinski definition) is 5. The maximum Gasteiger partial charge on any atom is 0.273 e. The van der Waals surface area contributed by atoms with E-state index in [1.807, 2.05) is 56.3 Å². The second kappa shape index (κ2) is 7.91. The lowest BCUT2D eigenvalue weighted by atomic mass is 9.95. The van der Waals surface area contributed by atoms with Crippen LogP contribution in [0.5, 0.6) is 17.2 Å². The van der Waals surface area contributed by atoms with E-state index in [0.717, 1.165) is 28.2 Å². The normalized spacial score (nSPS) is 12.0. The Hall–Kier alpha value is -3.80. The van der Waals surface area contributed by atoms with Crippen molar-refractivity contribution < 1.29 is 19.9 Å². The highest BCUT2D eigenvalue weighted by Gasteiger charge is 2.25. The number of aromatic hydroxyl groups is 2. The Balaban J connectivity index is 1.89. The monoisotopic (exact) mass is 402 g/mol. The van der Waals surface area contributed by atoms with Gasteiger partial charge in [-0.05, 0) is 44.2 Å². The third-order valence-electron chi connectivity index (χ3n) is 5.09. The number of anilines is 1. The number of phenols is 2. The van der Waals surface area contributed by atoms with Gasteiger partial charge in [0.2, 0.25) is 0 Å². The van der Waals surface area contributed by atoms with E-state index in [1.54, 1.807) is 18.2 Å². The first-order chi connectivity index (χ1) is 14.5. The number of methoxy groups -OCH3 is 1. The number of benzene rings is 2. The molecule has 0 radical (unpaired) electrons. The zero-order valence-corrected chi connectivity index (χ0v) is 17.1. The maximum absolute atomic E-state index is 11.1. The third kappa shape index (κ3) is 3.72. The molecular formula is C24H24N3O3+. The minimum absolute atomic E-state index is 0.0575. The number of H-pyrrole nitrogens is 1. The van der Waals surface area contributed by atoms with Gasteiger partial charge in [-0.3, -0.25) is 5.32 Å². The van der Waals surface area contributed by atoms with Crippen LogP contribution in [0.3, 0.4) is 0 Å². The Morgan fingerprint density at radius 2 is 1.80 bits per heavy atom. The fraction of sp³-hybridized carbons (Fsp3) is 0.167. The summed E-state index contributed by atoms with van der Waals surface area (Å²) in [5, 5.41) is 25.5. The summed E-state index contributed by atoms with van der Waals surface area (Å²) in [6.45, 7) is 3.87. The smallest absolute Gasteiger partial charge is 0.273 e. The van der Waals surface area contributed by atoms with Crippen molar-refractivity contribution in [1.29, 1.82) is 0 Å². The predicted octanol–water partition coefficient (Wildman–Crippen LogP) is 4.29. The number of aryl methyl sites for hydroxylation is 2. The molecule has 0 fully saturated rings. The molecule has 0 amide bonds. The van der Waals surface area contributed by atoms with Gasteiger partial charge in [-0.15, -0.1) is 0 Å². The summed E-state index contributed by atoms with van der Waals surface area (Å²) >= 11 is 0. The number of ether oxygens (including phenoxy) is 1. The number of aromatic amines is 1. The number of pyridine rings is 2. The summed E-state index contributed by atoms with van der Waals surface area (Å²) in [5.41, 5.74) is 3.88. The Morgan fingerprint density at radius 1 is 1.00 bits per heavy atom. The summed E-state index contributed by atoms with van der Waals surface area (Å²) < 4.78 is 5.30. The molecule has 1 atom stereocenters. The summed E-state index contributed by atoms with van der Waals surface area (Å²) in [4.78, 5) is 7.82. The van der Waals surface area contributed by atoms with Crippen LogP contribution >= 0.6 is 0 Å². The van der Waals surface area contributed by atoms with Crippen LogP contribution in [0.4, 0.5) is 5.82 Å². The Kier molecular flexibility index (Phi) is 5.14. The molecule has 0 saturated carbocycles. The minimum Gasteiger partial charge on any atom is -0.505 e. The molecule has 6 heteroatoms. The summed E-state index contributed by atoms with van der Waals surface area (Å²) in [5.74, 6) is 1.33. The molecule has 4 N–H and O–H groups in total. The first-order valence-electron chi connectivity index (χ1n) is 9.68. The summed E-state index contributed by atoms with van der Waals surface area (Å²) in [7, 11) is 1.51. The van der Waals surface area contributed by atoms with E-state index in [2.05, 4.69) is 15.3 Å². The first kappa shape index (κ1) is 19.5. The highest BCUT2D eigenvalue weighted by Crippen LogP contribution is 2.38. The van der Waals surface area contributed by atoms with Crippen molar-refractivity contribution in [2.24, 2.45) is 0 Å². The van der Waals surface area contributed by atoms with E-state index in [9.17, 15) is 10.2 Å². The molecule has 0 unspecified atom stereocenters. The molecule has 4 aromatic rings. The van der Waals surface area contributed by atoms with Crippen molar-refractivity contribution in [1.82, 2.24) is 4.98 Å². The van der Waals surface area contributed by atoms with Gasteiger partial charge in [0.05, 0.1) is 12.8 Å². The number of aromatic nitrogens is 2. The van der Waals surface area contributed by atoms with Crippen molar-refractivity contribution >= 4 is 16.7 Å². The van der Waals surface area contributed by atoms with Crippen molar-refractivity contribution in [3.63, 3.8) is 0 Å². The molecule has 152 valence electrons. The second-order valence-corrected chi connectivity index (χ2v) is 7.28. The molecular weight excluding hydrogens is 378 g/mol. The lowest BCUT2D eigenvalue weighted by Crippen LogP contribution is -2.20. The molecule has 2 aromatic carbocycles. The van der Waals surface area contributed by atoms with Crippen LogP contribution in [0.15, 0.2) is 60.7 Å². The van der Waals surface area contributed by atoms with Gasteiger partial charge in [0.25, 0.3) is 5.82 Å². The van der Waals surface area contributed by atoms with Gasteiger partial charge in [0.15, 0.2) is 11.5 Å². The predicted molar refractivity (Wildman–Crippen MR) is 116 cm³/mol. The molecule has 30 heavy (non-hydrogen) atoms. The van der Waals surface area contributed by atoms with Gasteiger partial charge in [-0.25, -0.2) is 9.97 Å². The van der Waals surface area contributed by atoms with Crippen LogP contribution in [-0.4, -0.2) is 22.3 Å². The molecule has 0 aliphatic heterocycles. The van der Waals surface area contributed by atoms with Gasteiger partial charge >= 0.3 is 0 Å². The van der Waals surface area contributed by atoms with Crippen LogP contribution in [0.1, 0.15) is 28.6 Å². The number of nitrogens with zero attached hydrogens (tertiary/aromatic N) is 1. The summed E-state index contributed by atoms with van der Waals surface area (Å²) in [6.07, 6.45) is 0. The zero-order valence-electron chi connectivity index (χ0n) is 17.1. The Bertz CT molecular complexity index is 1220. The number of fused-ring (bicyclic) bond motifs is 1. The molecule has 0 bridgehead atoms. The van der Waals surface area contributed by atoms with E-state index in [4.69, 9.17) is 4.74 Å². The molecule has 2 heterocycles. The van der Waals surface area contributed by atoms with E-state index in [-0.39, 0.29) is 11.5 Å². The number of phenolic OH excluding ortho intramolecular Hbond substituents is 2. The second-order valence-electron chi connectivity index (χ2n) is 7.28. The van der Waals surface area contributed by atoms with E-state index in [0.29, 0.717) is 16.8 Å². The van der Waals surface area contributed by atoms with Crippen molar-refractivity contribution in [3.8, 4) is 17.2 Å². The average Bonchev–Trinajstić information content (AvgIpc) is 2.74. The number of nitrogens with one attached hydrogen (secondary N) is 2. The Morgan fingerprint density at radius 3 is 2.57 bits per heavy atom. The molecule has 4 rings (SSSR count). The zero-order chi connectivity index (χ0) is 21.3. The van der Waals surface area contributed by atoms with Gasteiger partial charge in [0.1, 0.15) is 17.3 Å². The van der Waals surface area contributed by atoms with Crippen molar-refractivity contribution in [2.75, 3.05) is 12.4 Å². The fourth-order valence-electron chi connectivity index (χ4n) is 3.56. The topological polar surface area (TPSA) is 88.8 Å². The molecule has 6 nitrogen and oxygen atoms in total. The van der Waals surface area contributed by atoms with E-state index < -0.39 is 6.04 Å². The largest absolute Gasteiger partial charge is 0.505 e. The van der Waals surface area contributed by atoms with Gasteiger partial charge in [-0.1, -0.05) is 24.3 Å². The number of hydrogen-bond donors (Lipinski definition) is 3. The van der Waals surface area contributed by atoms with Crippen molar-refractivity contribution in [3.05, 3.63) is 83.2 Å². The summed E-state index contributed by atoms with van der Waals surface area (Å²) in [6, 6.07) is 18.3. The quantitative estimate of drug-likeness (QED) is 0.463. The number of rotatable bonds is 5. The van der Waals surface area contributed by atoms with Gasteiger partial charge in [0, 0.05) is 28.3 Å². The molecule has 0 aliphatic carbocycles. The van der Waals surface area contributed by atoms with Gasteiger partial charge in [-0.2, -0.15) is 0 Å². The Labute approximate surface area is 174 Å². The van der Waals surface area contributed by atoms with Crippen molar-refractivity contribution in [2.45, 2.75) is 19.9 Å². The molecule has 0 spiro atoms. The van der Waals surface area contributed by atoms with Crippen LogP contribution < -0.4 is 15.0 Å². The average molecular weight is 402 g/mol. The van der Waals surface area contributed by atoms with E-state index >= 15 is 0 Å².